The molecule has 0 radical (unpaired) electrons. The van der Waals surface area contributed by atoms with E-state index in [1.807, 2.05) is 13.8 Å². The predicted molar refractivity (Wildman–Crippen MR) is 148 cm³/mol. The molecule has 0 N–H and O–H groups in total. The number of esters is 5. The average Bonchev–Trinajstić information content (AvgIpc) is 2.91. The van der Waals surface area contributed by atoms with Gasteiger partial charge in [-0.1, -0.05) is 13.8 Å². The molecule has 0 bridgehead atoms. The van der Waals surface area contributed by atoms with Crippen molar-refractivity contribution in [2.45, 2.75) is 91.5 Å². The third-order valence-corrected chi connectivity index (χ3v) is 6.40. The number of carbonyl (C=O) groups excluding carboxylic acids is 5. The number of ether oxygens (including phenoxy) is 7. The Labute approximate surface area is 253 Å². The molecule has 16 nitrogen and oxygen atoms in total. The first-order chi connectivity index (χ1) is 20.4. The van der Waals surface area contributed by atoms with Gasteiger partial charge in [0.1, 0.15) is 12.7 Å². The van der Waals surface area contributed by atoms with Gasteiger partial charge < -0.3 is 33.2 Å². The summed E-state index contributed by atoms with van der Waals surface area (Å²) in [5.74, 6) is -5.68. The Morgan fingerprint density at radius 3 is 1.82 bits per heavy atom. The zero-order valence-corrected chi connectivity index (χ0v) is 26.3. The molecule has 2 heterocycles. The van der Waals surface area contributed by atoms with Gasteiger partial charge in [0.15, 0.2) is 18.3 Å². The van der Waals surface area contributed by atoms with Crippen molar-refractivity contribution in [3.8, 4) is 5.88 Å². The number of carbonyl (C=O) groups is 5. The molecule has 0 unspecified atom stereocenters. The molecular formula is C28H40N2O14. The number of fused-ring (bicyclic) bond motifs is 1. The highest BCUT2D eigenvalue weighted by atomic mass is 16.7. The molecule has 0 saturated carbocycles. The van der Waals surface area contributed by atoms with Crippen LogP contribution in [0.3, 0.4) is 0 Å². The lowest BCUT2D eigenvalue weighted by Crippen LogP contribution is -2.56. The van der Waals surface area contributed by atoms with Gasteiger partial charge in [-0.2, -0.15) is 0 Å². The first kappa shape index (κ1) is 36.0. The van der Waals surface area contributed by atoms with E-state index in [1.54, 1.807) is 0 Å². The largest absolute Gasteiger partial charge is 0.462 e. The lowest BCUT2D eigenvalue weighted by molar-refractivity contribution is -0.207. The number of rotatable bonds is 13. The van der Waals surface area contributed by atoms with Crippen LogP contribution in [0.15, 0.2) is 9.59 Å². The molecule has 1 aliphatic heterocycles. The van der Waals surface area contributed by atoms with Crippen LogP contribution >= 0.6 is 0 Å². The van der Waals surface area contributed by atoms with Crippen LogP contribution in [0.1, 0.15) is 66.4 Å². The monoisotopic (exact) mass is 628 g/mol. The Morgan fingerprint density at radius 2 is 1.32 bits per heavy atom. The molecule has 0 aliphatic carbocycles. The summed E-state index contributed by atoms with van der Waals surface area (Å²) >= 11 is 0. The maximum Gasteiger partial charge on any atom is 0.333 e. The molecule has 0 spiro atoms. The van der Waals surface area contributed by atoms with E-state index in [-0.39, 0.29) is 30.4 Å². The van der Waals surface area contributed by atoms with Crippen molar-refractivity contribution < 1.29 is 57.1 Å². The number of hydrogen-bond acceptors (Lipinski definition) is 14. The highest BCUT2D eigenvalue weighted by Crippen LogP contribution is 2.40. The summed E-state index contributed by atoms with van der Waals surface area (Å²) in [6.07, 6.45) is -7.86. The number of aromatic nitrogens is 2. The van der Waals surface area contributed by atoms with Crippen LogP contribution in [0.25, 0.3) is 0 Å². The van der Waals surface area contributed by atoms with E-state index in [0.29, 0.717) is 0 Å². The van der Waals surface area contributed by atoms with E-state index >= 15 is 0 Å². The maximum atomic E-state index is 13.6. The minimum Gasteiger partial charge on any atom is -0.462 e. The van der Waals surface area contributed by atoms with Crippen molar-refractivity contribution >= 4 is 29.8 Å². The summed E-state index contributed by atoms with van der Waals surface area (Å²) < 4.78 is 40.8. The van der Waals surface area contributed by atoms with Crippen molar-refractivity contribution in [3.63, 3.8) is 0 Å². The zero-order chi connectivity index (χ0) is 33.5. The predicted octanol–water partition coefficient (Wildman–Crippen LogP) is 0.239. The van der Waals surface area contributed by atoms with E-state index < -0.39 is 84.3 Å². The number of hydrogen-bond donors (Lipinski definition) is 0. The van der Waals surface area contributed by atoms with Crippen molar-refractivity contribution in [1.29, 1.82) is 0 Å². The van der Waals surface area contributed by atoms with Crippen LogP contribution in [0.4, 0.5) is 0 Å². The molecule has 1 aromatic rings. The van der Waals surface area contributed by atoms with Crippen LogP contribution in [0.2, 0.25) is 0 Å². The van der Waals surface area contributed by atoms with E-state index in [0.717, 1.165) is 43.8 Å². The minimum absolute atomic E-state index is 0.0584. The van der Waals surface area contributed by atoms with E-state index in [1.165, 1.54) is 14.1 Å². The summed E-state index contributed by atoms with van der Waals surface area (Å²) in [5.41, 5.74) is -1.63. The van der Waals surface area contributed by atoms with Crippen LogP contribution in [0, 0.1) is 5.92 Å². The normalized spacial score (nSPS) is 18.5. The molecule has 1 aromatic heterocycles. The first-order valence-corrected chi connectivity index (χ1v) is 13.8. The molecule has 1 aliphatic rings. The Hall–Kier alpha value is -4.21. The van der Waals surface area contributed by atoms with Gasteiger partial charge in [0, 0.05) is 61.1 Å². The summed E-state index contributed by atoms with van der Waals surface area (Å²) in [6, 6.07) is 0. The van der Waals surface area contributed by atoms with Gasteiger partial charge in [0.2, 0.25) is 12.2 Å². The molecule has 6 atom stereocenters. The fraction of sp³-hybridized carbons (Fsp3) is 0.679. The lowest BCUT2D eigenvalue weighted by Gasteiger charge is -2.41. The number of nitrogens with zero attached hydrogens (tertiary/aromatic N) is 2. The second-order valence-corrected chi connectivity index (χ2v) is 10.7. The molecule has 0 amide bonds. The molecule has 16 heteroatoms. The van der Waals surface area contributed by atoms with Crippen LogP contribution in [-0.4, -0.2) is 82.9 Å². The first-order valence-electron chi connectivity index (χ1n) is 13.8. The molecule has 2 rings (SSSR count). The smallest absolute Gasteiger partial charge is 0.333 e. The Balaban J connectivity index is 2.89. The van der Waals surface area contributed by atoms with Gasteiger partial charge in [0.25, 0.3) is 5.56 Å². The highest BCUT2D eigenvalue weighted by molar-refractivity contribution is 5.69. The fourth-order valence-electron chi connectivity index (χ4n) is 4.75. The van der Waals surface area contributed by atoms with Crippen molar-refractivity contribution in [1.82, 2.24) is 9.13 Å². The highest BCUT2D eigenvalue weighted by Gasteiger charge is 2.50. The van der Waals surface area contributed by atoms with Gasteiger partial charge >= 0.3 is 35.5 Å². The van der Waals surface area contributed by atoms with Gasteiger partial charge in [-0.25, -0.2) is 4.79 Å². The van der Waals surface area contributed by atoms with Crippen molar-refractivity contribution in [3.05, 3.63) is 26.4 Å². The third-order valence-electron chi connectivity index (χ3n) is 6.40. The zero-order valence-electron chi connectivity index (χ0n) is 26.3. The van der Waals surface area contributed by atoms with Crippen molar-refractivity contribution in [2.24, 2.45) is 20.0 Å². The van der Waals surface area contributed by atoms with Gasteiger partial charge in [-0.15, -0.1) is 0 Å². The van der Waals surface area contributed by atoms with Crippen LogP contribution in [-0.2, 0) is 66.5 Å². The molecular weight excluding hydrogens is 588 g/mol. The topological polar surface area (TPSA) is 194 Å². The summed E-state index contributed by atoms with van der Waals surface area (Å²) in [5, 5.41) is 0. The second kappa shape index (κ2) is 15.5. The van der Waals surface area contributed by atoms with Crippen molar-refractivity contribution in [2.75, 3.05) is 13.2 Å². The molecule has 0 fully saturated rings. The van der Waals surface area contributed by atoms with Gasteiger partial charge in [0.05, 0.1) is 12.2 Å². The van der Waals surface area contributed by atoms with Gasteiger partial charge in [-0.3, -0.25) is 37.9 Å². The van der Waals surface area contributed by atoms with E-state index in [4.69, 9.17) is 33.2 Å². The maximum absolute atomic E-state index is 13.6. The minimum atomic E-state index is -1.75. The molecule has 44 heavy (non-hydrogen) atoms. The standard InChI is InChI=1S/C28H40N2O14/c1-13(2)11-39-21-10-19(22-26(36)29(8)28(37)30(9)27(22)44-21)23(41-16(5)33)25(43-18(7)35)24(42-17(6)34)20(40-15(4)32)12-38-14(3)31/h13,19-21,23-25H,10-12H2,1-9H3/t19-,20-,21-,23+,24-,25-/m1/s1. The molecule has 0 aromatic carbocycles. The summed E-state index contributed by atoms with van der Waals surface area (Å²) in [4.78, 5) is 87.5. The van der Waals surface area contributed by atoms with E-state index in [2.05, 4.69) is 0 Å². The van der Waals surface area contributed by atoms with E-state index in [9.17, 15) is 33.6 Å². The molecule has 246 valence electrons. The van der Waals surface area contributed by atoms with Gasteiger partial charge in [-0.05, 0) is 5.92 Å². The SMILES string of the molecule is CC(=O)OC[C@@H](OC(C)=O)[C@@H](OC(C)=O)[C@H](OC(C)=O)[C@@H](OC(C)=O)[C@@H]1C[C@H](OCC(C)C)Oc2c1c(=O)n(C)c(=O)n2C. The second-order valence-electron chi connectivity index (χ2n) is 10.7. The Kier molecular flexibility index (Phi) is 12.7. The van der Waals surface area contributed by atoms with Crippen LogP contribution in [0.5, 0.6) is 5.88 Å². The summed E-state index contributed by atoms with van der Waals surface area (Å²) in [7, 11) is 2.61. The molecule has 0 saturated heterocycles. The third kappa shape index (κ3) is 9.39. The fourth-order valence-corrected chi connectivity index (χ4v) is 4.75. The lowest BCUT2D eigenvalue weighted by atomic mass is 9.83. The van der Waals surface area contributed by atoms with Crippen LogP contribution < -0.4 is 16.0 Å². The summed E-state index contributed by atoms with van der Waals surface area (Å²) in [6.45, 7) is 8.61. The average molecular weight is 629 g/mol. The Morgan fingerprint density at radius 1 is 0.773 bits per heavy atom. The Bertz CT molecular complexity index is 1360. The quantitative estimate of drug-likeness (QED) is 0.213.